The van der Waals surface area contributed by atoms with Gasteiger partial charge in [-0.25, -0.2) is 0 Å². The third-order valence-corrected chi connectivity index (χ3v) is 4.32. The number of aliphatic hydroxyl groups excluding tert-OH is 2. The highest BCUT2D eigenvalue weighted by Crippen LogP contribution is 2.52. The molecule has 2 N–H and O–H groups in total. The van der Waals surface area contributed by atoms with Gasteiger partial charge in [0, 0.05) is 17.8 Å². The molecule has 122 valence electrons. The zero-order valence-corrected chi connectivity index (χ0v) is 12.0. The molecule has 0 aliphatic heterocycles. The number of nitrogens with zero attached hydrogens (tertiary/aromatic N) is 2. The van der Waals surface area contributed by atoms with E-state index in [2.05, 4.69) is 9.97 Å². The molecule has 2 heterocycles. The maximum atomic E-state index is 12.9. The van der Waals surface area contributed by atoms with Crippen LogP contribution in [0.1, 0.15) is 35.9 Å². The zero-order valence-electron chi connectivity index (χ0n) is 12.0. The van der Waals surface area contributed by atoms with Gasteiger partial charge < -0.3 is 10.2 Å². The summed E-state index contributed by atoms with van der Waals surface area (Å²) in [6.07, 6.45) is -3.38. The monoisotopic (exact) mass is 324 g/mol. The van der Waals surface area contributed by atoms with Gasteiger partial charge in [-0.1, -0.05) is 6.07 Å². The molecule has 1 fully saturated rings. The van der Waals surface area contributed by atoms with Gasteiger partial charge in [0.1, 0.15) is 11.8 Å². The molecule has 23 heavy (non-hydrogen) atoms. The van der Waals surface area contributed by atoms with Crippen LogP contribution in [0.25, 0.3) is 0 Å². The lowest BCUT2D eigenvalue weighted by Gasteiger charge is -2.48. The summed E-state index contributed by atoms with van der Waals surface area (Å²) in [5, 5.41) is 20.4. The molecule has 1 aliphatic rings. The molecule has 3 rings (SSSR count). The fraction of sp³-hybridized carbons (Fsp3) is 0.375. The fourth-order valence-electron chi connectivity index (χ4n) is 3.11. The van der Waals surface area contributed by atoms with E-state index in [1.807, 2.05) is 0 Å². The number of rotatable bonds is 3. The summed E-state index contributed by atoms with van der Waals surface area (Å²) in [5.41, 5.74) is -1.33. The van der Waals surface area contributed by atoms with Crippen molar-refractivity contribution in [1.82, 2.24) is 9.97 Å². The summed E-state index contributed by atoms with van der Waals surface area (Å²) < 4.78 is 38.7. The molecule has 1 saturated carbocycles. The number of hydrogen-bond acceptors (Lipinski definition) is 4. The number of halogens is 3. The lowest BCUT2D eigenvalue weighted by atomic mass is 9.59. The van der Waals surface area contributed by atoms with Crippen LogP contribution in [0.2, 0.25) is 0 Å². The molecule has 0 aromatic carbocycles. The summed E-state index contributed by atoms with van der Waals surface area (Å²) in [6, 6.07) is 7.39. The highest BCUT2D eigenvalue weighted by atomic mass is 19.4. The Kier molecular flexibility index (Phi) is 3.85. The Bertz CT molecular complexity index is 685. The molecule has 4 nitrogen and oxygen atoms in total. The molecule has 0 saturated heterocycles. The van der Waals surface area contributed by atoms with E-state index < -0.39 is 29.5 Å². The minimum absolute atomic E-state index is 0.173. The van der Waals surface area contributed by atoms with Crippen molar-refractivity contribution in [2.24, 2.45) is 0 Å². The van der Waals surface area contributed by atoms with Crippen LogP contribution < -0.4 is 0 Å². The number of aliphatic hydroxyl groups is 2. The van der Waals surface area contributed by atoms with Crippen LogP contribution in [-0.2, 0) is 11.6 Å². The molecule has 2 aromatic rings. The highest BCUT2D eigenvalue weighted by Gasteiger charge is 2.51. The van der Waals surface area contributed by atoms with E-state index in [4.69, 9.17) is 0 Å². The molecule has 0 bridgehead atoms. The minimum Gasteiger partial charge on any atom is -0.393 e. The lowest BCUT2D eigenvalue weighted by molar-refractivity contribution is -0.141. The number of aromatic nitrogens is 2. The number of alkyl halides is 3. The average Bonchev–Trinajstić information content (AvgIpc) is 2.51. The SMILES string of the molecule is O[C@H](c1ccccn1)[C@]1(c2ccnc(C(F)(F)F)c2)C[C@H](O)C1. The van der Waals surface area contributed by atoms with Crippen molar-refractivity contribution in [2.45, 2.75) is 36.6 Å². The molecular weight excluding hydrogens is 309 g/mol. The second kappa shape index (κ2) is 5.58. The first-order valence-corrected chi connectivity index (χ1v) is 7.14. The van der Waals surface area contributed by atoms with Crippen LogP contribution in [0.5, 0.6) is 0 Å². The van der Waals surface area contributed by atoms with Gasteiger partial charge in [0.2, 0.25) is 0 Å². The minimum atomic E-state index is -4.56. The van der Waals surface area contributed by atoms with E-state index in [0.29, 0.717) is 11.3 Å². The first kappa shape index (κ1) is 15.9. The molecule has 0 radical (unpaired) electrons. The van der Waals surface area contributed by atoms with E-state index in [9.17, 15) is 23.4 Å². The van der Waals surface area contributed by atoms with Gasteiger partial charge in [0.05, 0.1) is 11.8 Å². The second-order valence-corrected chi connectivity index (χ2v) is 5.80. The molecule has 1 aliphatic carbocycles. The third-order valence-electron chi connectivity index (χ3n) is 4.32. The van der Waals surface area contributed by atoms with E-state index in [0.717, 1.165) is 12.3 Å². The predicted molar refractivity (Wildman–Crippen MR) is 75.4 cm³/mol. The lowest BCUT2D eigenvalue weighted by Crippen LogP contribution is -2.49. The van der Waals surface area contributed by atoms with Crippen molar-refractivity contribution in [3.8, 4) is 0 Å². The first-order valence-electron chi connectivity index (χ1n) is 7.14. The fourth-order valence-corrected chi connectivity index (χ4v) is 3.11. The Balaban J connectivity index is 2.02. The van der Waals surface area contributed by atoms with E-state index in [-0.39, 0.29) is 12.8 Å². The van der Waals surface area contributed by atoms with E-state index in [1.165, 1.54) is 12.3 Å². The normalized spacial score (nSPS) is 25.7. The predicted octanol–water partition coefficient (Wildman–Crippen LogP) is 2.62. The summed E-state index contributed by atoms with van der Waals surface area (Å²) in [4.78, 5) is 7.43. The maximum absolute atomic E-state index is 12.9. The van der Waals surface area contributed by atoms with Crippen molar-refractivity contribution in [3.05, 3.63) is 59.7 Å². The van der Waals surface area contributed by atoms with E-state index >= 15 is 0 Å². The van der Waals surface area contributed by atoms with Gasteiger partial charge in [-0.15, -0.1) is 0 Å². The van der Waals surface area contributed by atoms with Gasteiger partial charge in [-0.05, 0) is 42.7 Å². The van der Waals surface area contributed by atoms with Gasteiger partial charge in [0.25, 0.3) is 0 Å². The summed E-state index contributed by atoms with van der Waals surface area (Å²) in [6.45, 7) is 0. The van der Waals surface area contributed by atoms with Crippen LogP contribution in [0, 0.1) is 0 Å². The molecule has 0 unspecified atom stereocenters. The molecule has 2 aromatic heterocycles. The van der Waals surface area contributed by atoms with E-state index in [1.54, 1.807) is 18.2 Å². The molecule has 1 atom stereocenters. The van der Waals surface area contributed by atoms with Gasteiger partial charge >= 0.3 is 6.18 Å². The summed E-state index contributed by atoms with van der Waals surface area (Å²) in [7, 11) is 0. The zero-order chi connectivity index (χ0) is 16.7. The number of pyridine rings is 2. The average molecular weight is 324 g/mol. The third kappa shape index (κ3) is 2.82. The van der Waals surface area contributed by atoms with Crippen molar-refractivity contribution in [3.63, 3.8) is 0 Å². The van der Waals surface area contributed by atoms with Gasteiger partial charge in [-0.2, -0.15) is 13.2 Å². The highest BCUT2D eigenvalue weighted by molar-refractivity contribution is 5.34. The van der Waals surface area contributed by atoms with Crippen molar-refractivity contribution in [2.75, 3.05) is 0 Å². The van der Waals surface area contributed by atoms with Crippen molar-refractivity contribution < 1.29 is 23.4 Å². The van der Waals surface area contributed by atoms with Crippen molar-refractivity contribution >= 4 is 0 Å². The first-order chi connectivity index (χ1) is 10.8. The molecule has 7 heteroatoms. The van der Waals surface area contributed by atoms with Crippen LogP contribution in [0.4, 0.5) is 13.2 Å². The molecule has 0 amide bonds. The topological polar surface area (TPSA) is 66.2 Å². The quantitative estimate of drug-likeness (QED) is 0.911. The van der Waals surface area contributed by atoms with Crippen LogP contribution in [-0.4, -0.2) is 26.3 Å². The Morgan fingerprint density at radius 3 is 2.43 bits per heavy atom. The van der Waals surface area contributed by atoms with Gasteiger partial charge in [-0.3, -0.25) is 9.97 Å². The van der Waals surface area contributed by atoms with Crippen molar-refractivity contribution in [1.29, 1.82) is 0 Å². The Labute approximate surface area is 130 Å². The van der Waals surface area contributed by atoms with Crippen LogP contribution >= 0.6 is 0 Å². The smallest absolute Gasteiger partial charge is 0.393 e. The van der Waals surface area contributed by atoms with Crippen LogP contribution in [0.15, 0.2) is 42.7 Å². The summed E-state index contributed by atoms with van der Waals surface area (Å²) in [5.74, 6) is 0. The summed E-state index contributed by atoms with van der Waals surface area (Å²) >= 11 is 0. The Hall–Kier alpha value is -1.99. The van der Waals surface area contributed by atoms with Gasteiger partial charge in [0.15, 0.2) is 0 Å². The molecular formula is C16H15F3N2O2. The standard InChI is InChI=1S/C16H15F3N2O2/c17-16(18,19)13-7-10(4-6-21-13)15(8-11(22)9-15)14(23)12-3-1-2-5-20-12/h1-7,11,14,22-23H,8-9H2/t11-,14-,15+/m1/s1. The molecule has 0 spiro atoms. The Morgan fingerprint density at radius 2 is 1.87 bits per heavy atom. The second-order valence-electron chi connectivity index (χ2n) is 5.80. The maximum Gasteiger partial charge on any atom is 0.433 e. The Morgan fingerprint density at radius 1 is 1.13 bits per heavy atom. The largest absolute Gasteiger partial charge is 0.433 e. The van der Waals surface area contributed by atoms with Crippen LogP contribution in [0.3, 0.4) is 0 Å². The number of hydrogen-bond donors (Lipinski definition) is 2.